The molecule has 1 nitrogen and oxygen atoms in total. The quantitative estimate of drug-likeness (QED) is 0.267. The Kier molecular flexibility index (Phi) is 12.5. The molecule has 0 radical (unpaired) electrons. The summed E-state index contributed by atoms with van der Waals surface area (Å²) in [6.45, 7) is 6.69. The molecule has 0 unspecified atom stereocenters. The van der Waals surface area contributed by atoms with Gasteiger partial charge in [-0.2, -0.15) is 0 Å². The minimum Gasteiger partial charge on any atom is -0.303 e. The van der Waals surface area contributed by atoms with Crippen LogP contribution in [0.4, 0.5) is 0 Å². The molecule has 0 N–H and O–H groups in total. The summed E-state index contributed by atoms with van der Waals surface area (Å²) in [5.41, 5.74) is 0.223. The van der Waals surface area contributed by atoms with Crippen molar-refractivity contribution >= 4 is 6.29 Å². The van der Waals surface area contributed by atoms with Gasteiger partial charge >= 0.3 is 0 Å². The third-order valence-electron chi connectivity index (χ3n) is 4.09. The number of hydrogen-bond acceptors (Lipinski definition) is 1. The molecule has 19 heavy (non-hydrogen) atoms. The fraction of sp³-hybridized carbons (Fsp3) is 0.944. The summed E-state index contributed by atoms with van der Waals surface area (Å²) in [6.07, 6.45) is 18.3. The minimum absolute atomic E-state index is 0.223. The first-order valence-electron chi connectivity index (χ1n) is 8.56. The van der Waals surface area contributed by atoms with Gasteiger partial charge in [-0.1, -0.05) is 91.4 Å². The van der Waals surface area contributed by atoms with Gasteiger partial charge in [0.2, 0.25) is 0 Å². The number of unbranched alkanes of at least 4 members (excludes halogenated alkanes) is 10. The summed E-state index contributed by atoms with van der Waals surface area (Å²) >= 11 is 0. The molecule has 0 aliphatic rings. The van der Waals surface area contributed by atoms with E-state index in [-0.39, 0.29) is 5.41 Å². The van der Waals surface area contributed by atoms with Crippen LogP contribution in [0.5, 0.6) is 0 Å². The molecule has 1 heteroatoms. The summed E-state index contributed by atoms with van der Waals surface area (Å²) in [7, 11) is 0. The molecule has 0 atom stereocenters. The summed E-state index contributed by atoms with van der Waals surface area (Å²) in [5, 5.41) is 0. The Labute approximate surface area is 121 Å². The third kappa shape index (κ3) is 13.9. The van der Waals surface area contributed by atoms with Gasteiger partial charge in [-0.25, -0.2) is 0 Å². The summed E-state index contributed by atoms with van der Waals surface area (Å²) in [4.78, 5) is 10.5. The molecule has 0 rings (SSSR count). The Morgan fingerprint density at radius 1 is 0.737 bits per heavy atom. The largest absolute Gasteiger partial charge is 0.303 e. The zero-order chi connectivity index (χ0) is 14.4. The fourth-order valence-corrected chi connectivity index (χ4v) is 2.60. The van der Waals surface area contributed by atoms with E-state index in [4.69, 9.17) is 0 Å². The van der Waals surface area contributed by atoms with Crippen molar-refractivity contribution in [3.63, 3.8) is 0 Å². The van der Waals surface area contributed by atoms with Crippen molar-refractivity contribution in [2.45, 2.75) is 104 Å². The lowest BCUT2D eigenvalue weighted by Gasteiger charge is -2.21. The van der Waals surface area contributed by atoms with Gasteiger partial charge in [-0.3, -0.25) is 0 Å². The highest BCUT2D eigenvalue weighted by molar-refractivity contribution is 5.50. The van der Waals surface area contributed by atoms with E-state index in [9.17, 15) is 4.79 Å². The van der Waals surface area contributed by atoms with Crippen molar-refractivity contribution in [3.05, 3.63) is 0 Å². The minimum atomic E-state index is 0.223. The molecule has 0 fully saturated rings. The average Bonchev–Trinajstić information content (AvgIpc) is 2.36. The number of rotatable bonds is 14. The molecule has 0 aliphatic heterocycles. The zero-order valence-corrected chi connectivity index (χ0v) is 13.7. The Morgan fingerprint density at radius 3 is 1.58 bits per heavy atom. The maximum atomic E-state index is 10.5. The predicted octanol–water partition coefficient (Wildman–Crippen LogP) is 6.30. The summed E-state index contributed by atoms with van der Waals surface area (Å²) < 4.78 is 0. The predicted molar refractivity (Wildman–Crippen MR) is 85.5 cm³/mol. The van der Waals surface area contributed by atoms with Crippen LogP contribution in [0, 0.1) is 5.41 Å². The maximum absolute atomic E-state index is 10.5. The van der Waals surface area contributed by atoms with Crippen molar-refractivity contribution in [1.29, 1.82) is 0 Å². The first kappa shape index (κ1) is 18.7. The first-order chi connectivity index (χ1) is 9.12. The molecule has 0 amide bonds. The van der Waals surface area contributed by atoms with Crippen molar-refractivity contribution in [1.82, 2.24) is 0 Å². The number of carbonyl (C=O) groups excluding carboxylic acids is 1. The number of hydrogen-bond donors (Lipinski definition) is 0. The van der Waals surface area contributed by atoms with Gasteiger partial charge < -0.3 is 4.79 Å². The highest BCUT2D eigenvalue weighted by Crippen LogP contribution is 2.26. The van der Waals surface area contributed by atoms with Crippen LogP contribution < -0.4 is 0 Å². The van der Waals surface area contributed by atoms with E-state index in [1.165, 1.54) is 77.0 Å². The van der Waals surface area contributed by atoms with Crippen molar-refractivity contribution in [2.24, 2.45) is 5.41 Å². The smallest absolute Gasteiger partial charge is 0.120 e. The van der Waals surface area contributed by atoms with E-state index < -0.39 is 0 Å². The lowest BCUT2D eigenvalue weighted by molar-refractivity contribution is -0.109. The van der Waals surface area contributed by atoms with Crippen LogP contribution in [-0.4, -0.2) is 6.29 Å². The van der Waals surface area contributed by atoms with E-state index >= 15 is 0 Å². The second kappa shape index (κ2) is 12.7. The van der Waals surface area contributed by atoms with Gasteiger partial charge in [0.1, 0.15) is 6.29 Å². The third-order valence-corrected chi connectivity index (χ3v) is 4.09. The van der Waals surface area contributed by atoms with Gasteiger partial charge in [0, 0.05) is 6.42 Å². The summed E-state index contributed by atoms with van der Waals surface area (Å²) in [6, 6.07) is 0. The molecule has 0 saturated heterocycles. The lowest BCUT2D eigenvalue weighted by atomic mass is 9.84. The topological polar surface area (TPSA) is 17.1 Å². The van der Waals surface area contributed by atoms with E-state index in [2.05, 4.69) is 20.8 Å². The van der Waals surface area contributed by atoms with Crippen molar-refractivity contribution in [3.8, 4) is 0 Å². The highest BCUT2D eigenvalue weighted by atomic mass is 16.1. The molecule has 0 aromatic heterocycles. The van der Waals surface area contributed by atoms with Crippen molar-refractivity contribution < 1.29 is 4.79 Å². The van der Waals surface area contributed by atoms with Crippen LogP contribution in [0.15, 0.2) is 0 Å². The van der Waals surface area contributed by atoms with Gasteiger partial charge in [-0.05, 0) is 11.8 Å². The van der Waals surface area contributed by atoms with Gasteiger partial charge in [0.25, 0.3) is 0 Å². The Bertz CT molecular complexity index is 196. The molecule has 0 heterocycles. The van der Waals surface area contributed by atoms with Gasteiger partial charge in [-0.15, -0.1) is 0 Å². The molecule has 0 aromatic rings. The molecular weight excluding hydrogens is 232 g/mol. The fourth-order valence-electron chi connectivity index (χ4n) is 2.60. The molecule has 0 spiro atoms. The molecular formula is C18H36O. The summed E-state index contributed by atoms with van der Waals surface area (Å²) in [5.74, 6) is 0. The molecule has 0 aliphatic carbocycles. The molecule has 0 bridgehead atoms. The number of aldehydes is 1. The van der Waals surface area contributed by atoms with Gasteiger partial charge in [0.05, 0.1) is 0 Å². The van der Waals surface area contributed by atoms with Crippen LogP contribution in [-0.2, 0) is 4.79 Å². The zero-order valence-electron chi connectivity index (χ0n) is 13.7. The van der Waals surface area contributed by atoms with E-state index in [0.717, 1.165) is 6.29 Å². The van der Waals surface area contributed by atoms with Crippen LogP contribution >= 0.6 is 0 Å². The van der Waals surface area contributed by atoms with E-state index in [1.807, 2.05) is 0 Å². The molecule has 0 saturated carbocycles. The SMILES string of the molecule is CCCCCCCCCCCCCC(C)(C)CC=O. The second-order valence-electron chi connectivity index (χ2n) is 6.82. The first-order valence-corrected chi connectivity index (χ1v) is 8.56. The highest BCUT2D eigenvalue weighted by Gasteiger charge is 2.15. The standard InChI is InChI=1S/C18H36O/c1-4-5-6-7-8-9-10-11-12-13-14-15-18(2,3)16-17-19/h17H,4-16H2,1-3H3. The Balaban J connectivity index is 3.16. The van der Waals surface area contributed by atoms with Crippen LogP contribution in [0.3, 0.4) is 0 Å². The van der Waals surface area contributed by atoms with E-state index in [0.29, 0.717) is 6.42 Å². The van der Waals surface area contributed by atoms with Gasteiger partial charge in [0.15, 0.2) is 0 Å². The maximum Gasteiger partial charge on any atom is 0.120 e. The van der Waals surface area contributed by atoms with Crippen LogP contribution in [0.2, 0.25) is 0 Å². The average molecular weight is 268 g/mol. The van der Waals surface area contributed by atoms with Crippen molar-refractivity contribution in [2.75, 3.05) is 0 Å². The Hall–Kier alpha value is -0.330. The lowest BCUT2D eigenvalue weighted by Crippen LogP contribution is -2.11. The molecule has 114 valence electrons. The van der Waals surface area contributed by atoms with Crippen LogP contribution in [0.1, 0.15) is 104 Å². The van der Waals surface area contributed by atoms with Crippen LogP contribution in [0.25, 0.3) is 0 Å². The monoisotopic (exact) mass is 268 g/mol. The second-order valence-corrected chi connectivity index (χ2v) is 6.82. The van der Waals surface area contributed by atoms with E-state index in [1.54, 1.807) is 0 Å². The normalized spacial score (nSPS) is 11.7. The number of carbonyl (C=O) groups is 1. The molecule has 0 aromatic carbocycles. The Morgan fingerprint density at radius 2 is 1.16 bits per heavy atom.